The Morgan fingerprint density at radius 2 is 1.81 bits per heavy atom. The van der Waals surface area contributed by atoms with Gasteiger partial charge in [-0.05, 0) is 25.9 Å². The molecule has 5 heteroatoms. The molecule has 0 aromatic rings. The maximum atomic E-state index is 5.98. The van der Waals surface area contributed by atoms with Gasteiger partial charge in [0.15, 0.2) is 0 Å². The number of nitrogens with one attached hydrogen (secondary N) is 1. The van der Waals surface area contributed by atoms with E-state index in [0.717, 1.165) is 13.2 Å². The summed E-state index contributed by atoms with van der Waals surface area (Å²) in [5.41, 5.74) is 0. The fourth-order valence-electron chi connectivity index (χ4n) is 2.01. The van der Waals surface area contributed by atoms with Crippen molar-refractivity contribution in [3.63, 3.8) is 0 Å². The zero-order valence-electron chi connectivity index (χ0n) is 12.1. The van der Waals surface area contributed by atoms with Gasteiger partial charge in [-0.3, -0.25) is 0 Å². The van der Waals surface area contributed by atoms with Crippen LogP contribution in [0.2, 0.25) is 19.6 Å². The third kappa shape index (κ3) is 5.10. The van der Waals surface area contributed by atoms with Gasteiger partial charge in [0.2, 0.25) is 0 Å². The summed E-state index contributed by atoms with van der Waals surface area (Å²) in [6.45, 7) is 17.9. The molecule has 3 nitrogen and oxygen atoms in total. The van der Waals surface area contributed by atoms with E-state index in [2.05, 4.69) is 56.5 Å². The van der Waals surface area contributed by atoms with Gasteiger partial charge in [-0.15, -0.1) is 0 Å². The molecule has 16 heavy (non-hydrogen) atoms. The summed E-state index contributed by atoms with van der Waals surface area (Å²) < 4.78 is 8.68. The first-order valence-corrected chi connectivity index (χ1v) is 11.5. The Labute approximate surface area is 105 Å². The van der Waals surface area contributed by atoms with E-state index >= 15 is 0 Å². The van der Waals surface area contributed by atoms with Crippen molar-refractivity contribution in [1.29, 1.82) is 0 Å². The molecule has 1 N–H and O–H groups in total. The number of rotatable bonds is 8. The maximum absolute atomic E-state index is 5.98. The molecule has 0 radical (unpaired) electrons. The first-order chi connectivity index (χ1) is 7.38. The molecule has 98 valence electrons. The van der Waals surface area contributed by atoms with Gasteiger partial charge in [-0.1, -0.05) is 40.4 Å². The highest BCUT2D eigenvalue weighted by molar-refractivity contribution is 6.81. The summed E-state index contributed by atoms with van der Waals surface area (Å²) in [6, 6.07) is 0.633. The lowest BCUT2D eigenvalue weighted by molar-refractivity contribution is 0.278. The third-order valence-electron chi connectivity index (χ3n) is 2.80. The van der Waals surface area contributed by atoms with Crippen LogP contribution >= 0.6 is 0 Å². The Bertz CT molecular complexity index is 179. The van der Waals surface area contributed by atoms with Crippen molar-refractivity contribution < 1.29 is 4.43 Å². The Hall–Kier alpha value is 0.314. The molecule has 0 heterocycles. The van der Waals surface area contributed by atoms with E-state index in [1.54, 1.807) is 0 Å². The Morgan fingerprint density at radius 3 is 2.12 bits per heavy atom. The largest absolute Gasteiger partial charge is 0.394 e. The number of hydrogen-bond acceptors (Lipinski definition) is 3. The molecule has 0 amide bonds. The van der Waals surface area contributed by atoms with Crippen LogP contribution in [0.15, 0.2) is 0 Å². The van der Waals surface area contributed by atoms with Gasteiger partial charge < -0.3 is 13.6 Å². The zero-order chi connectivity index (χ0) is 12.8. The second-order valence-electron chi connectivity index (χ2n) is 5.20. The van der Waals surface area contributed by atoms with Crippen LogP contribution in [0.3, 0.4) is 0 Å². The average Bonchev–Trinajstić information content (AvgIpc) is 2.16. The molecule has 2 unspecified atom stereocenters. The lowest BCUT2D eigenvalue weighted by Gasteiger charge is -2.43. The highest BCUT2D eigenvalue weighted by Crippen LogP contribution is 2.17. The van der Waals surface area contributed by atoms with Crippen molar-refractivity contribution in [2.75, 3.05) is 13.2 Å². The summed E-state index contributed by atoms with van der Waals surface area (Å²) in [5.74, 6) is 0. The third-order valence-corrected chi connectivity index (χ3v) is 10.2. The molecule has 0 aliphatic heterocycles. The Kier molecular flexibility index (Phi) is 7.75. The molecular weight excluding hydrogens is 232 g/mol. The van der Waals surface area contributed by atoms with Gasteiger partial charge in [0.1, 0.15) is 8.24 Å². The van der Waals surface area contributed by atoms with E-state index in [1.165, 1.54) is 6.42 Å². The van der Waals surface area contributed by atoms with Crippen molar-refractivity contribution >= 4 is 17.6 Å². The molecule has 0 fully saturated rings. The second kappa shape index (κ2) is 7.60. The SMILES string of the molecule is CCN[SiH](OCC)N(C(C)CC)[Si](C)(C)C. The van der Waals surface area contributed by atoms with Gasteiger partial charge in [-0.25, -0.2) is 0 Å². The Balaban J connectivity index is 4.80. The predicted molar refractivity (Wildman–Crippen MR) is 77.4 cm³/mol. The van der Waals surface area contributed by atoms with Crippen molar-refractivity contribution in [3.05, 3.63) is 0 Å². The topological polar surface area (TPSA) is 24.5 Å². The number of nitrogens with zero attached hydrogens (tertiary/aromatic N) is 1. The molecule has 0 aliphatic carbocycles. The Morgan fingerprint density at radius 1 is 1.25 bits per heavy atom. The zero-order valence-corrected chi connectivity index (χ0v) is 14.3. The van der Waals surface area contributed by atoms with Crippen LogP contribution in [0.25, 0.3) is 0 Å². The molecule has 0 bridgehead atoms. The van der Waals surface area contributed by atoms with Gasteiger partial charge in [-0.2, -0.15) is 0 Å². The normalized spacial score (nSPS) is 16.5. The minimum absolute atomic E-state index is 0.633. The van der Waals surface area contributed by atoms with Gasteiger partial charge in [0.25, 0.3) is 0 Å². The first-order valence-electron chi connectivity index (χ1n) is 6.51. The monoisotopic (exact) mass is 262 g/mol. The minimum atomic E-state index is -1.40. The summed E-state index contributed by atoms with van der Waals surface area (Å²) >= 11 is 0. The van der Waals surface area contributed by atoms with Crippen LogP contribution in [0.1, 0.15) is 34.1 Å². The summed E-state index contributed by atoms with van der Waals surface area (Å²) in [4.78, 5) is 3.58. The fourth-order valence-corrected chi connectivity index (χ4v) is 8.64. The highest BCUT2D eigenvalue weighted by atomic mass is 28.4. The lowest BCUT2D eigenvalue weighted by atomic mass is 10.3. The average molecular weight is 263 g/mol. The van der Waals surface area contributed by atoms with Crippen LogP contribution in [-0.2, 0) is 4.43 Å². The van der Waals surface area contributed by atoms with Crippen molar-refractivity contribution in [2.24, 2.45) is 0 Å². The van der Waals surface area contributed by atoms with Gasteiger partial charge >= 0.3 is 9.36 Å². The predicted octanol–water partition coefficient (Wildman–Crippen LogP) is 2.28. The molecular formula is C11H30N2OSi2. The number of hydrogen-bond donors (Lipinski definition) is 1. The van der Waals surface area contributed by atoms with E-state index in [1.807, 2.05) is 0 Å². The van der Waals surface area contributed by atoms with Gasteiger partial charge in [0, 0.05) is 6.61 Å². The first kappa shape index (κ1) is 16.3. The standard InChI is InChI=1S/C11H30N2OSi2/c1-8-11(4)13(16(5,6)7)15(12-9-2)14-10-3/h11-12,15H,8-10H2,1-7H3. The molecule has 0 rings (SSSR count). The quantitative estimate of drug-likeness (QED) is 0.679. The van der Waals surface area contributed by atoms with Crippen LogP contribution in [0.4, 0.5) is 0 Å². The second-order valence-corrected chi connectivity index (χ2v) is 12.6. The van der Waals surface area contributed by atoms with Crippen LogP contribution in [-0.4, -0.2) is 41.0 Å². The molecule has 2 atom stereocenters. The molecule has 0 aliphatic rings. The van der Waals surface area contributed by atoms with Crippen molar-refractivity contribution in [3.8, 4) is 0 Å². The van der Waals surface area contributed by atoms with E-state index in [-0.39, 0.29) is 0 Å². The van der Waals surface area contributed by atoms with Crippen molar-refractivity contribution in [2.45, 2.75) is 59.8 Å². The summed E-state index contributed by atoms with van der Waals surface area (Å²) in [5, 5.41) is 0. The lowest BCUT2D eigenvalue weighted by Crippen LogP contribution is -2.64. The summed E-state index contributed by atoms with van der Waals surface area (Å²) in [7, 11) is -2.70. The van der Waals surface area contributed by atoms with E-state index in [9.17, 15) is 0 Å². The maximum Gasteiger partial charge on any atom is 0.331 e. The molecule has 0 saturated carbocycles. The fraction of sp³-hybridized carbons (Fsp3) is 1.00. The van der Waals surface area contributed by atoms with Crippen LogP contribution in [0.5, 0.6) is 0 Å². The van der Waals surface area contributed by atoms with Crippen LogP contribution < -0.4 is 4.98 Å². The highest BCUT2D eigenvalue weighted by Gasteiger charge is 2.35. The minimum Gasteiger partial charge on any atom is -0.394 e. The summed E-state index contributed by atoms with van der Waals surface area (Å²) in [6.07, 6.45) is 1.20. The smallest absolute Gasteiger partial charge is 0.331 e. The van der Waals surface area contributed by atoms with Crippen molar-refractivity contribution in [1.82, 2.24) is 9.21 Å². The molecule has 0 aromatic heterocycles. The van der Waals surface area contributed by atoms with Gasteiger partial charge in [0.05, 0.1) is 0 Å². The molecule has 0 spiro atoms. The van der Waals surface area contributed by atoms with E-state index < -0.39 is 17.6 Å². The van der Waals surface area contributed by atoms with Crippen LogP contribution in [0, 0.1) is 0 Å². The molecule has 0 aromatic carbocycles. The van der Waals surface area contributed by atoms with E-state index in [4.69, 9.17) is 4.43 Å². The van der Waals surface area contributed by atoms with E-state index in [0.29, 0.717) is 6.04 Å². The molecule has 0 saturated heterocycles.